The van der Waals surface area contributed by atoms with Gasteiger partial charge in [-0.05, 0) is 43.1 Å². The van der Waals surface area contributed by atoms with Gasteiger partial charge in [-0.1, -0.05) is 0 Å². The number of benzene rings is 1. The van der Waals surface area contributed by atoms with E-state index >= 15 is 0 Å². The number of piperidine rings is 1. The number of aromatic nitrogens is 1. The summed E-state index contributed by atoms with van der Waals surface area (Å²) in [6, 6.07) is 6.45. The largest absolute Gasteiger partial charge is 0.493 e. The summed E-state index contributed by atoms with van der Waals surface area (Å²) in [6.45, 7) is 3.04. The summed E-state index contributed by atoms with van der Waals surface area (Å²) >= 11 is 1.80. The topological polar surface area (TPSA) is 34.2 Å². The van der Waals surface area contributed by atoms with Gasteiger partial charge in [-0.2, -0.15) is 0 Å². The van der Waals surface area contributed by atoms with Crippen molar-refractivity contribution < 1.29 is 4.74 Å². The van der Waals surface area contributed by atoms with Crippen LogP contribution in [0, 0.1) is 0 Å². The molecule has 0 radical (unpaired) electrons. The fourth-order valence-corrected chi connectivity index (χ4v) is 3.98. The van der Waals surface area contributed by atoms with E-state index in [0.29, 0.717) is 5.92 Å². The molecule has 4 rings (SSSR count). The maximum absolute atomic E-state index is 5.56. The maximum atomic E-state index is 5.56. The maximum Gasteiger partial charge on any atom is 0.122 e. The third-order valence-corrected chi connectivity index (χ3v) is 5.16. The van der Waals surface area contributed by atoms with Gasteiger partial charge in [0.1, 0.15) is 5.75 Å². The molecule has 2 aliphatic rings. The molecule has 0 amide bonds. The van der Waals surface area contributed by atoms with E-state index in [1.165, 1.54) is 29.0 Å². The lowest BCUT2D eigenvalue weighted by Gasteiger charge is -2.20. The standard InChI is InChI=1S/C16H18N2OS/c1-2-13(9-17-6-1)16-18-14(10-20-16)11-3-4-15-12(8-11)5-7-19-15/h3-4,8,10,13,17H,1-2,5-7,9H2. The Bertz CT molecular complexity index is 617. The lowest BCUT2D eigenvalue weighted by atomic mass is 10.0. The molecule has 4 heteroatoms. The molecular formula is C16H18N2OS. The lowest BCUT2D eigenvalue weighted by Crippen LogP contribution is -2.28. The van der Waals surface area contributed by atoms with Gasteiger partial charge in [-0.25, -0.2) is 4.98 Å². The first kappa shape index (κ1) is 12.4. The van der Waals surface area contributed by atoms with Crippen molar-refractivity contribution in [2.75, 3.05) is 19.7 Å². The van der Waals surface area contributed by atoms with E-state index in [1.54, 1.807) is 11.3 Å². The van der Waals surface area contributed by atoms with Crippen molar-refractivity contribution in [1.82, 2.24) is 10.3 Å². The van der Waals surface area contributed by atoms with Crippen molar-refractivity contribution in [3.8, 4) is 17.0 Å². The average Bonchev–Trinajstić information content (AvgIpc) is 3.16. The Kier molecular flexibility index (Phi) is 3.20. The van der Waals surface area contributed by atoms with Crippen LogP contribution in [0.2, 0.25) is 0 Å². The van der Waals surface area contributed by atoms with Crippen LogP contribution in [0.1, 0.15) is 29.3 Å². The number of ether oxygens (including phenoxy) is 1. The number of nitrogens with one attached hydrogen (secondary N) is 1. The van der Waals surface area contributed by atoms with Crippen LogP contribution < -0.4 is 10.1 Å². The molecule has 0 bridgehead atoms. The second-order valence-electron chi connectivity index (χ2n) is 5.54. The van der Waals surface area contributed by atoms with Crippen LogP contribution in [-0.2, 0) is 6.42 Å². The summed E-state index contributed by atoms with van der Waals surface area (Å²) in [5.41, 5.74) is 3.65. The Morgan fingerprint density at radius 1 is 1.35 bits per heavy atom. The molecule has 1 fully saturated rings. The molecule has 2 aliphatic heterocycles. The second-order valence-corrected chi connectivity index (χ2v) is 6.42. The minimum atomic E-state index is 0.597. The van der Waals surface area contributed by atoms with E-state index < -0.39 is 0 Å². The fraction of sp³-hybridized carbons (Fsp3) is 0.438. The van der Waals surface area contributed by atoms with E-state index in [4.69, 9.17) is 9.72 Å². The van der Waals surface area contributed by atoms with Gasteiger partial charge in [0.05, 0.1) is 17.3 Å². The van der Waals surface area contributed by atoms with Crippen molar-refractivity contribution in [3.05, 3.63) is 34.2 Å². The highest BCUT2D eigenvalue weighted by atomic mass is 32.1. The van der Waals surface area contributed by atoms with E-state index in [-0.39, 0.29) is 0 Å². The normalized spacial score (nSPS) is 21.5. The van der Waals surface area contributed by atoms with Crippen LogP contribution in [0.3, 0.4) is 0 Å². The summed E-state index contributed by atoms with van der Waals surface area (Å²) in [5.74, 6) is 1.64. The number of rotatable bonds is 2. The fourth-order valence-electron chi connectivity index (χ4n) is 3.02. The predicted molar refractivity (Wildman–Crippen MR) is 81.6 cm³/mol. The molecule has 20 heavy (non-hydrogen) atoms. The molecule has 2 aromatic rings. The Morgan fingerprint density at radius 2 is 2.35 bits per heavy atom. The molecule has 1 saturated heterocycles. The molecule has 1 unspecified atom stereocenters. The minimum Gasteiger partial charge on any atom is -0.493 e. The zero-order valence-electron chi connectivity index (χ0n) is 11.4. The van der Waals surface area contributed by atoms with Gasteiger partial charge in [0, 0.05) is 29.8 Å². The summed E-state index contributed by atoms with van der Waals surface area (Å²) in [6.07, 6.45) is 3.54. The van der Waals surface area contributed by atoms with Crippen LogP contribution >= 0.6 is 11.3 Å². The Labute approximate surface area is 123 Å². The predicted octanol–water partition coefficient (Wildman–Crippen LogP) is 3.21. The highest BCUT2D eigenvalue weighted by Gasteiger charge is 2.19. The van der Waals surface area contributed by atoms with Crippen LogP contribution in [0.15, 0.2) is 23.6 Å². The van der Waals surface area contributed by atoms with E-state index in [9.17, 15) is 0 Å². The quantitative estimate of drug-likeness (QED) is 0.920. The van der Waals surface area contributed by atoms with E-state index in [0.717, 1.165) is 37.6 Å². The van der Waals surface area contributed by atoms with Gasteiger partial charge < -0.3 is 10.1 Å². The van der Waals surface area contributed by atoms with Crippen LogP contribution in [-0.4, -0.2) is 24.7 Å². The first-order valence-electron chi connectivity index (χ1n) is 7.32. The molecule has 3 nitrogen and oxygen atoms in total. The van der Waals surface area contributed by atoms with Crippen molar-refractivity contribution in [2.24, 2.45) is 0 Å². The third kappa shape index (κ3) is 2.23. The van der Waals surface area contributed by atoms with Crippen molar-refractivity contribution in [2.45, 2.75) is 25.2 Å². The average molecular weight is 286 g/mol. The number of thiazole rings is 1. The summed E-state index contributed by atoms with van der Waals surface area (Å²) in [7, 11) is 0. The first-order chi connectivity index (χ1) is 9.90. The molecule has 0 spiro atoms. The molecule has 0 saturated carbocycles. The monoisotopic (exact) mass is 286 g/mol. The van der Waals surface area contributed by atoms with Crippen LogP contribution in [0.4, 0.5) is 0 Å². The summed E-state index contributed by atoms with van der Waals surface area (Å²) < 4.78 is 5.56. The first-order valence-corrected chi connectivity index (χ1v) is 8.20. The van der Waals surface area contributed by atoms with E-state index in [1.807, 2.05) is 0 Å². The molecule has 1 N–H and O–H groups in total. The SMILES string of the molecule is c1cc2c(cc1-c1csc(C3CCCNC3)n1)CCO2. The van der Waals surface area contributed by atoms with Gasteiger partial charge in [0.25, 0.3) is 0 Å². The highest BCUT2D eigenvalue weighted by molar-refractivity contribution is 7.10. The number of nitrogens with zero attached hydrogens (tertiary/aromatic N) is 1. The molecule has 104 valence electrons. The van der Waals surface area contributed by atoms with Crippen molar-refractivity contribution >= 4 is 11.3 Å². The minimum absolute atomic E-state index is 0.597. The molecular weight excluding hydrogens is 268 g/mol. The molecule has 0 aliphatic carbocycles. The van der Waals surface area contributed by atoms with Crippen molar-refractivity contribution in [1.29, 1.82) is 0 Å². The van der Waals surface area contributed by atoms with Crippen LogP contribution in [0.25, 0.3) is 11.3 Å². The van der Waals surface area contributed by atoms with Gasteiger partial charge in [-0.15, -0.1) is 11.3 Å². The number of hydrogen-bond acceptors (Lipinski definition) is 4. The third-order valence-electron chi connectivity index (χ3n) is 4.15. The zero-order valence-corrected chi connectivity index (χ0v) is 12.2. The number of hydrogen-bond donors (Lipinski definition) is 1. The second kappa shape index (κ2) is 5.19. The van der Waals surface area contributed by atoms with Gasteiger partial charge in [0.15, 0.2) is 0 Å². The van der Waals surface area contributed by atoms with Gasteiger partial charge in [-0.3, -0.25) is 0 Å². The highest BCUT2D eigenvalue weighted by Crippen LogP contribution is 2.33. The Balaban J connectivity index is 1.61. The summed E-state index contributed by atoms with van der Waals surface area (Å²) in [5, 5.41) is 6.94. The smallest absolute Gasteiger partial charge is 0.122 e. The molecule has 3 heterocycles. The molecule has 1 aromatic carbocycles. The van der Waals surface area contributed by atoms with Crippen molar-refractivity contribution in [3.63, 3.8) is 0 Å². The van der Waals surface area contributed by atoms with Gasteiger partial charge >= 0.3 is 0 Å². The van der Waals surface area contributed by atoms with E-state index in [2.05, 4.69) is 28.9 Å². The Morgan fingerprint density at radius 3 is 3.25 bits per heavy atom. The van der Waals surface area contributed by atoms with Gasteiger partial charge in [0.2, 0.25) is 0 Å². The Hall–Kier alpha value is -1.39. The summed E-state index contributed by atoms with van der Waals surface area (Å²) in [4.78, 5) is 4.87. The lowest BCUT2D eigenvalue weighted by molar-refractivity contribution is 0.357. The molecule has 1 atom stereocenters. The number of fused-ring (bicyclic) bond motifs is 1. The molecule has 1 aromatic heterocycles. The van der Waals surface area contributed by atoms with Crippen LogP contribution in [0.5, 0.6) is 5.75 Å². The zero-order chi connectivity index (χ0) is 13.4.